The molecule has 0 bridgehead atoms. The van der Waals surface area contributed by atoms with Crippen LogP contribution in [0.25, 0.3) is 0 Å². The number of hydrogen-bond acceptors (Lipinski definition) is 4. The normalized spacial score (nSPS) is 26.1. The number of hydrogen-bond donors (Lipinski definition) is 1. The largest absolute Gasteiger partial charge is 0.339 e. The van der Waals surface area contributed by atoms with E-state index >= 15 is 0 Å². The third kappa shape index (κ3) is 3.28. The van der Waals surface area contributed by atoms with E-state index in [1.165, 1.54) is 19.3 Å². The van der Waals surface area contributed by atoms with E-state index in [0.717, 1.165) is 31.0 Å². The van der Waals surface area contributed by atoms with Gasteiger partial charge < -0.3 is 10.3 Å². The van der Waals surface area contributed by atoms with Crippen LogP contribution in [0.2, 0.25) is 0 Å². The van der Waals surface area contributed by atoms with Crippen molar-refractivity contribution < 1.29 is 4.52 Å². The van der Waals surface area contributed by atoms with Gasteiger partial charge in [0.2, 0.25) is 5.89 Å². The Labute approximate surface area is 103 Å². The smallest absolute Gasteiger partial charge is 0.231 e. The van der Waals surface area contributed by atoms with E-state index in [-0.39, 0.29) is 12.0 Å². The molecule has 0 spiro atoms. The second kappa shape index (κ2) is 5.63. The Morgan fingerprint density at radius 2 is 2.06 bits per heavy atom. The maximum Gasteiger partial charge on any atom is 0.231 e. The van der Waals surface area contributed by atoms with Crippen molar-refractivity contribution in [3.05, 3.63) is 11.7 Å². The van der Waals surface area contributed by atoms with E-state index in [1.807, 2.05) is 0 Å². The molecule has 0 saturated heterocycles. The molecule has 0 aromatic carbocycles. The summed E-state index contributed by atoms with van der Waals surface area (Å²) < 4.78 is 5.39. The fourth-order valence-corrected chi connectivity index (χ4v) is 2.51. The minimum absolute atomic E-state index is 0.185. The molecule has 4 nitrogen and oxygen atoms in total. The van der Waals surface area contributed by atoms with E-state index in [9.17, 15) is 0 Å². The molecule has 1 aliphatic carbocycles. The fraction of sp³-hybridized carbons (Fsp3) is 0.846. The Morgan fingerprint density at radius 1 is 1.29 bits per heavy atom. The molecule has 1 fully saturated rings. The molecule has 0 radical (unpaired) electrons. The highest BCUT2D eigenvalue weighted by molar-refractivity contribution is 5.00. The van der Waals surface area contributed by atoms with Gasteiger partial charge in [-0.1, -0.05) is 38.3 Å². The molecule has 0 amide bonds. The van der Waals surface area contributed by atoms with E-state index in [4.69, 9.17) is 10.3 Å². The van der Waals surface area contributed by atoms with Gasteiger partial charge in [0.1, 0.15) is 0 Å². The quantitative estimate of drug-likeness (QED) is 0.821. The Kier molecular flexibility index (Phi) is 4.15. The summed E-state index contributed by atoms with van der Waals surface area (Å²) in [5.41, 5.74) is 6.19. The average molecular weight is 237 g/mol. The summed E-state index contributed by atoms with van der Waals surface area (Å²) in [5, 5.41) is 4.05. The Balaban J connectivity index is 2.07. The maximum absolute atomic E-state index is 6.19. The number of nitrogens with zero attached hydrogens (tertiary/aromatic N) is 2. The lowest BCUT2D eigenvalue weighted by Crippen LogP contribution is -2.27. The summed E-state index contributed by atoms with van der Waals surface area (Å²) >= 11 is 0. The Bertz CT molecular complexity index is 348. The van der Waals surface area contributed by atoms with E-state index < -0.39 is 0 Å². The first-order valence-corrected chi connectivity index (χ1v) is 6.75. The van der Waals surface area contributed by atoms with Gasteiger partial charge in [0.05, 0.1) is 5.92 Å². The zero-order valence-electron chi connectivity index (χ0n) is 10.9. The van der Waals surface area contributed by atoms with Crippen molar-refractivity contribution in [2.45, 2.75) is 64.3 Å². The minimum atomic E-state index is 0.185. The lowest BCUT2D eigenvalue weighted by molar-refractivity contribution is 0.322. The number of nitrogens with two attached hydrogens (primary N) is 1. The number of aromatic nitrogens is 2. The summed E-state index contributed by atoms with van der Waals surface area (Å²) in [6.45, 7) is 4.32. The van der Waals surface area contributed by atoms with Crippen LogP contribution in [0.1, 0.15) is 63.6 Å². The molecular weight excluding hydrogens is 214 g/mol. The molecule has 2 N–H and O–H groups in total. The molecule has 17 heavy (non-hydrogen) atoms. The van der Waals surface area contributed by atoms with Gasteiger partial charge in [-0.05, 0) is 18.8 Å². The van der Waals surface area contributed by atoms with Crippen LogP contribution in [-0.2, 0) is 6.42 Å². The second-order valence-corrected chi connectivity index (χ2v) is 5.56. The third-order valence-electron chi connectivity index (χ3n) is 3.46. The summed E-state index contributed by atoms with van der Waals surface area (Å²) in [6.07, 6.45) is 6.77. The van der Waals surface area contributed by atoms with Crippen LogP contribution < -0.4 is 5.73 Å². The third-order valence-corrected chi connectivity index (χ3v) is 3.46. The van der Waals surface area contributed by atoms with Crippen molar-refractivity contribution in [3.8, 4) is 0 Å². The summed E-state index contributed by atoms with van der Waals surface area (Å²) in [7, 11) is 0. The molecule has 96 valence electrons. The van der Waals surface area contributed by atoms with Gasteiger partial charge in [-0.25, -0.2) is 0 Å². The second-order valence-electron chi connectivity index (χ2n) is 5.56. The van der Waals surface area contributed by atoms with E-state index in [1.54, 1.807) is 0 Å². The highest BCUT2D eigenvalue weighted by Gasteiger charge is 2.27. The van der Waals surface area contributed by atoms with Gasteiger partial charge >= 0.3 is 0 Å². The van der Waals surface area contributed by atoms with Gasteiger partial charge in [0.15, 0.2) is 5.82 Å². The molecule has 1 aliphatic rings. The van der Waals surface area contributed by atoms with Crippen LogP contribution >= 0.6 is 0 Å². The molecule has 4 heteroatoms. The molecule has 1 aromatic rings. The lowest BCUT2D eigenvalue weighted by Gasteiger charge is -2.16. The molecular formula is C13H23N3O. The molecule has 2 unspecified atom stereocenters. The SMILES string of the molecule is CC(C)Cc1noc(C2CCCCCC2N)n1. The van der Waals surface area contributed by atoms with Crippen LogP contribution in [0.4, 0.5) is 0 Å². The van der Waals surface area contributed by atoms with Crippen LogP contribution in [0, 0.1) is 5.92 Å². The molecule has 1 aromatic heterocycles. The van der Waals surface area contributed by atoms with Crippen molar-refractivity contribution in [2.24, 2.45) is 11.7 Å². The summed E-state index contributed by atoms with van der Waals surface area (Å²) in [6, 6.07) is 0.185. The van der Waals surface area contributed by atoms with Gasteiger partial charge in [-0.3, -0.25) is 0 Å². The topological polar surface area (TPSA) is 64.9 Å². The first-order chi connectivity index (χ1) is 8.16. The van der Waals surface area contributed by atoms with Crippen LogP contribution in [0.3, 0.4) is 0 Å². The van der Waals surface area contributed by atoms with Crippen LogP contribution in [-0.4, -0.2) is 16.2 Å². The molecule has 1 heterocycles. The summed E-state index contributed by atoms with van der Waals surface area (Å²) in [5.74, 6) is 2.41. The maximum atomic E-state index is 6.19. The van der Waals surface area contributed by atoms with Crippen molar-refractivity contribution in [1.82, 2.24) is 10.1 Å². The minimum Gasteiger partial charge on any atom is -0.339 e. The fourth-order valence-electron chi connectivity index (χ4n) is 2.51. The first kappa shape index (κ1) is 12.6. The predicted octanol–water partition coefficient (Wildman–Crippen LogP) is 2.64. The van der Waals surface area contributed by atoms with E-state index in [2.05, 4.69) is 24.0 Å². The zero-order valence-corrected chi connectivity index (χ0v) is 10.9. The zero-order chi connectivity index (χ0) is 12.3. The standard InChI is InChI=1S/C13H23N3O/c1-9(2)8-12-15-13(17-16-12)10-6-4-3-5-7-11(10)14/h9-11H,3-8,14H2,1-2H3. The van der Waals surface area contributed by atoms with Gasteiger partial charge in [0, 0.05) is 12.5 Å². The van der Waals surface area contributed by atoms with Crippen LogP contribution in [0.15, 0.2) is 4.52 Å². The first-order valence-electron chi connectivity index (χ1n) is 6.75. The van der Waals surface area contributed by atoms with Gasteiger partial charge in [0.25, 0.3) is 0 Å². The number of rotatable bonds is 3. The van der Waals surface area contributed by atoms with Crippen LogP contribution in [0.5, 0.6) is 0 Å². The molecule has 1 saturated carbocycles. The summed E-state index contributed by atoms with van der Waals surface area (Å²) in [4.78, 5) is 4.51. The van der Waals surface area contributed by atoms with Crippen molar-refractivity contribution in [3.63, 3.8) is 0 Å². The van der Waals surface area contributed by atoms with Crippen molar-refractivity contribution in [2.75, 3.05) is 0 Å². The Morgan fingerprint density at radius 3 is 2.82 bits per heavy atom. The molecule has 2 rings (SSSR count). The van der Waals surface area contributed by atoms with Gasteiger partial charge in [-0.2, -0.15) is 4.98 Å². The lowest BCUT2D eigenvalue weighted by atomic mass is 9.95. The highest BCUT2D eigenvalue weighted by Crippen LogP contribution is 2.30. The van der Waals surface area contributed by atoms with Gasteiger partial charge in [-0.15, -0.1) is 0 Å². The Hall–Kier alpha value is -0.900. The highest BCUT2D eigenvalue weighted by atomic mass is 16.5. The van der Waals surface area contributed by atoms with Crippen molar-refractivity contribution >= 4 is 0 Å². The molecule has 0 aliphatic heterocycles. The predicted molar refractivity (Wildman–Crippen MR) is 66.6 cm³/mol. The molecule has 2 atom stereocenters. The average Bonchev–Trinajstić information content (AvgIpc) is 2.59. The van der Waals surface area contributed by atoms with Crippen molar-refractivity contribution in [1.29, 1.82) is 0 Å². The monoisotopic (exact) mass is 237 g/mol. The van der Waals surface area contributed by atoms with E-state index in [0.29, 0.717) is 5.92 Å².